The molecule has 0 amide bonds. The minimum absolute atomic E-state index is 0.0572. The highest BCUT2D eigenvalue weighted by atomic mass is 31.2. The molecule has 2 N–H and O–H groups in total. The molecule has 1 aromatic heterocycles. The van der Waals surface area contributed by atoms with E-state index >= 15 is 0 Å². The van der Waals surface area contributed by atoms with Gasteiger partial charge in [-0.25, -0.2) is 4.98 Å². The smallest absolute Gasteiger partial charge is 0.320 e. The lowest BCUT2D eigenvalue weighted by Gasteiger charge is -2.60. The van der Waals surface area contributed by atoms with E-state index in [2.05, 4.69) is 23.7 Å². The van der Waals surface area contributed by atoms with E-state index in [1.54, 1.807) is 16.7 Å². The molecule has 196 valence electrons. The van der Waals surface area contributed by atoms with Crippen LogP contribution in [0, 0.1) is 29.1 Å². The third kappa shape index (κ3) is 4.11. The first-order chi connectivity index (χ1) is 17.1. The molecule has 0 spiro atoms. The van der Waals surface area contributed by atoms with Crippen LogP contribution in [0.3, 0.4) is 0 Å². The van der Waals surface area contributed by atoms with Crippen molar-refractivity contribution in [2.24, 2.45) is 29.1 Å². The number of nitrogens with zero attached hydrogens (tertiary/aromatic N) is 3. The van der Waals surface area contributed by atoms with E-state index in [0.717, 1.165) is 56.5 Å². The van der Waals surface area contributed by atoms with Crippen molar-refractivity contribution < 1.29 is 14.4 Å². The van der Waals surface area contributed by atoms with E-state index in [-0.39, 0.29) is 6.04 Å². The summed E-state index contributed by atoms with van der Waals surface area (Å²) in [5.41, 5.74) is 0.447. The first-order valence-corrected chi connectivity index (χ1v) is 15.6. The summed E-state index contributed by atoms with van der Waals surface area (Å²) in [5.74, 6) is 2.94. The zero-order chi connectivity index (χ0) is 25.2. The van der Waals surface area contributed by atoms with Crippen LogP contribution in [0.2, 0.25) is 0 Å². The molecule has 36 heavy (non-hydrogen) atoms. The largest absolute Gasteiger partial charge is 0.380 e. The fraction of sp³-hybridized carbons (Fsp3) is 0.714. The van der Waals surface area contributed by atoms with Crippen LogP contribution in [0.25, 0.3) is 11.0 Å². The SMILES string of the molecule is CC1(C)C2CCC(CCN3CC4CCCCC3CC4n3c(=O)c(P(=O)(O)O)nc4ccccc43)C1C2. The molecule has 4 saturated carbocycles. The van der Waals surface area contributed by atoms with Crippen molar-refractivity contribution in [1.82, 2.24) is 14.5 Å². The molecule has 2 aliphatic heterocycles. The molecule has 3 heterocycles. The Bertz CT molecular complexity index is 1250. The summed E-state index contributed by atoms with van der Waals surface area (Å²) in [4.78, 5) is 40.2. The molecule has 7 nitrogen and oxygen atoms in total. The molecule has 4 aliphatic carbocycles. The van der Waals surface area contributed by atoms with Gasteiger partial charge in [-0.1, -0.05) is 38.8 Å². The Labute approximate surface area is 213 Å². The Morgan fingerprint density at radius 3 is 2.61 bits per heavy atom. The molecule has 8 rings (SSSR count). The fourth-order valence-corrected chi connectivity index (χ4v) is 9.05. The number of hydrogen-bond donors (Lipinski definition) is 2. The van der Waals surface area contributed by atoms with Crippen LogP contribution in [0.5, 0.6) is 0 Å². The van der Waals surface area contributed by atoms with Gasteiger partial charge >= 0.3 is 7.60 Å². The predicted molar refractivity (Wildman–Crippen MR) is 141 cm³/mol. The Kier molecular flexibility index (Phi) is 6.23. The van der Waals surface area contributed by atoms with Crippen molar-refractivity contribution in [2.75, 3.05) is 13.1 Å². The molecule has 6 fully saturated rings. The third-order valence-corrected chi connectivity index (χ3v) is 11.4. The topological polar surface area (TPSA) is 95.7 Å². The predicted octanol–water partition coefficient (Wildman–Crippen LogP) is 4.47. The average molecular weight is 514 g/mol. The molecule has 1 aromatic carbocycles. The van der Waals surface area contributed by atoms with Crippen LogP contribution in [-0.2, 0) is 4.57 Å². The number of aromatic nitrogens is 2. The highest BCUT2D eigenvalue weighted by Gasteiger charge is 2.54. The van der Waals surface area contributed by atoms with Gasteiger partial charge in [-0.2, -0.15) is 0 Å². The van der Waals surface area contributed by atoms with E-state index in [4.69, 9.17) is 0 Å². The van der Waals surface area contributed by atoms with Crippen LogP contribution in [-0.4, -0.2) is 43.4 Å². The standard InChI is InChI=1S/C28H40N3O4P/c1-28(2)20-12-11-18(22(28)15-20)13-14-30-17-19-7-3-4-8-21(30)16-25(19)31-24-10-6-5-9-23(24)29-26(27(31)32)36(33,34)35/h5-6,9-10,18-22,25H,3-4,7-8,11-17H2,1-2H3,(H2,33,34,35). The van der Waals surface area contributed by atoms with Crippen LogP contribution in [0.15, 0.2) is 29.1 Å². The number of rotatable bonds is 5. The zero-order valence-corrected chi connectivity index (χ0v) is 22.4. The maximum Gasteiger partial charge on any atom is 0.380 e. The lowest BCUT2D eigenvalue weighted by Crippen LogP contribution is -2.54. The minimum atomic E-state index is -4.78. The summed E-state index contributed by atoms with van der Waals surface area (Å²) in [5, 5.41) is 0. The van der Waals surface area contributed by atoms with Crippen molar-refractivity contribution in [3.8, 4) is 0 Å². The van der Waals surface area contributed by atoms with Crippen LogP contribution >= 0.6 is 7.60 Å². The van der Waals surface area contributed by atoms with Gasteiger partial charge in [-0.3, -0.25) is 14.3 Å². The highest BCUT2D eigenvalue weighted by Crippen LogP contribution is 2.62. The zero-order valence-electron chi connectivity index (χ0n) is 21.6. The molecule has 6 unspecified atom stereocenters. The van der Waals surface area contributed by atoms with Gasteiger partial charge < -0.3 is 14.4 Å². The second kappa shape index (κ2) is 9.04. The second-order valence-corrected chi connectivity index (χ2v) is 14.1. The molecule has 6 aliphatic rings. The summed E-state index contributed by atoms with van der Waals surface area (Å²) in [7, 11) is -4.78. The third-order valence-electron chi connectivity index (χ3n) is 10.6. The number of benzene rings is 1. The Balaban J connectivity index is 1.28. The van der Waals surface area contributed by atoms with Gasteiger partial charge in [-0.05, 0) is 92.7 Å². The molecule has 0 radical (unpaired) electrons. The summed E-state index contributed by atoms with van der Waals surface area (Å²) < 4.78 is 13.9. The first kappa shape index (κ1) is 24.8. The van der Waals surface area contributed by atoms with E-state index in [1.165, 1.54) is 32.1 Å². The number of para-hydroxylation sites is 2. The van der Waals surface area contributed by atoms with Gasteiger partial charge in [0.15, 0.2) is 0 Å². The molecule has 8 heteroatoms. The monoisotopic (exact) mass is 513 g/mol. The second-order valence-electron chi connectivity index (χ2n) is 12.6. The molecule has 6 atom stereocenters. The van der Waals surface area contributed by atoms with Crippen molar-refractivity contribution in [2.45, 2.75) is 83.7 Å². The van der Waals surface area contributed by atoms with Gasteiger partial charge in [0.1, 0.15) is 0 Å². The van der Waals surface area contributed by atoms with E-state index in [0.29, 0.717) is 28.4 Å². The number of piperidine rings is 1. The van der Waals surface area contributed by atoms with Gasteiger partial charge in [-0.15, -0.1) is 0 Å². The van der Waals surface area contributed by atoms with Crippen molar-refractivity contribution in [3.63, 3.8) is 0 Å². The summed E-state index contributed by atoms with van der Waals surface area (Å²) in [6.07, 6.45) is 10.9. The normalized spacial score (nSPS) is 34.2. The van der Waals surface area contributed by atoms with E-state index < -0.39 is 18.6 Å². The van der Waals surface area contributed by atoms with Crippen molar-refractivity contribution >= 4 is 24.1 Å². The molecule has 2 saturated heterocycles. The lowest BCUT2D eigenvalue weighted by atomic mass is 9.45. The molecular weight excluding hydrogens is 473 g/mol. The fourth-order valence-electron chi connectivity index (χ4n) is 8.45. The highest BCUT2D eigenvalue weighted by molar-refractivity contribution is 7.59. The Morgan fingerprint density at radius 2 is 1.86 bits per heavy atom. The van der Waals surface area contributed by atoms with Gasteiger partial charge in [0, 0.05) is 18.6 Å². The maximum absolute atomic E-state index is 13.5. The van der Waals surface area contributed by atoms with Crippen LogP contribution in [0.1, 0.15) is 77.7 Å². The van der Waals surface area contributed by atoms with Crippen LogP contribution < -0.4 is 11.0 Å². The summed E-state index contributed by atoms with van der Waals surface area (Å²) in [6, 6.07) is 7.65. The van der Waals surface area contributed by atoms with Gasteiger partial charge in [0.2, 0.25) is 5.44 Å². The average Bonchev–Trinajstić information content (AvgIpc) is 2.82. The summed E-state index contributed by atoms with van der Waals surface area (Å²) in [6.45, 7) is 7.05. The lowest BCUT2D eigenvalue weighted by molar-refractivity contribution is -0.109. The van der Waals surface area contributed by atoms with Crippen LogP contribution in [0.4, 0.5) is 0 Å². The van der Waals surface area contributed by atoms with E-state index in [9.17, 15) is 19.1 Å². The Hall–Kier alpha value is -1.53. The summed E-state index contributed by atoms with van der Waals surface area (Å²) >= 11 is 0. The van der Waals surface area contributed by atoms with Gasteiger partial charge in [0.25, 0.3) is 5.56 Å². The number of hydrogen-bond acceptors (Lipinski definition) is 4. The maximum atomic E-state index is 13.5. The van der Waals surface area contributed by atoms with Crippen molar-refractivity contribution in [3.05, 3.63) is 34.6 Å². The Morgan fingerprint density at radius 1 is 1.08 bits per heavy atom. The van der Waals surface area contributed by atoms with Gasteiger partial charge in [0.05, 0.1) is 11.0 Å². The first-order valence-electron chi connectivity index (χ1n) is 14.0. The minimum Gasteiger partial charge on any atom is -0.320 e. The quantitative estimate of drug-likeness (QED) is 0.573. The molecule has 2 aromatic rings. The number of fused-ring (bicyclic) bond motifs is 8. The van der Waals surface area contributed by atoms with Crippen molar-refractivity contribution in [1.29, 1.82) is 0 Å². The molecular formula is C28H40N3O4P. The molecule has 4 bridgehead atoms. The van der Waals surface area contributed by atoms with E-state index in [1.807, 2.05) is 12.1 Å².